The molecular formula is C15H18N4O4. The topological polar surface area (TPSA) is 101 Å². The quantitative estimate of drug-likeness (QED) is 0.540. The van der Waals surface area contributed by atoms with Crippen LogP contribution in [0.5, 0.6) is 0 Å². The van der Waals surface area contributed by atoms with Gasteiger partial charge in [-0.3, -0.25) is 14.5 Å². The van der Waals surface area contributed by atoms with Crippen molar-refractivity contribution in [2.75, 3.05) is 31.1 Å². The van der Waals surface area contributed by atoms with Crippen LogP contribution in [0.25, 0.3) is 0 Å². The van der Waals surface area contributed by atoms with Crippen molar-refractivity contribution in [3.8, 4) is 0 Å². The lowest BCUT2D eigenvalue weighted by molar-refractivity contribution is -0.116. The van der Waals surface area contributed by atoms with Crippen LogP contribution < -0.4 is 15.5 Å². The molecule has 1 aliphatic heterocycles. The van der Waals surface area contributed by atoms with E-state index in [4.69, 9.17) is 4.74 Å². The zero-order valence-electron chi connectivity index (χ0n) is 12.5. The number of aldehydes is 1. The van der Waals surface area contributed by atoms with E-state index >= 15 is 0 Å². The fourth-order valence-electron chi connectivity index (χ4n) is 2.14. The van der Waals surface area contributed by atoms with Crippen molar-refractivity contribution in [3.63, 3.8) is 0 Å². The van der Waals surface area contributed by atoms with E-state index in [0.29, 0.717) is 19.4 Å². The fraction of sp³-hybridized carbons (Fsp3) is 0.333. The average molecular weight is 318 g/mol. The lowest BCUT2D eigenvalue weighted by Crippen LogP contribution is -2.49. The van der Waals surface area contributed by atoms with Crippen molar-refractivity contribution in [3.05, 3.63) is 36.5 Å². The van der Waals surface area contributed by atoms with Gasteiger partial charge in [0, 0.05) is 19.3 Å². The van der Waals surface area contributed by atoms with Crippen molar-refractivity contribution < 1.29 is 19.1 Å². The van der Waals surface area contributed by atoms with Gasteiger partial charge in [-0.2, -0.15) is 0 Å². The van der Waals surface area contributed by atoms with Gasteiger partial charge in [0.05, 0.1) is 18.7 Å². The third-order valence-electron chi connectivity index (χ3n) is 3.20. The minimum absolute atomic E-state index is 0.103. The highest BCUT2D eigenvalue weighted by atomic mass is 16.5. The number of hydrogen-bond donors (Lipinski definition) is 2. The molecule has 1 aromatic rings. The van der Waals surface area contributed by atoms with Crippen molar-refractivity contribution >= 4 is 23.9 Å². The van der Waals surface area contributed by atoms with Crippen LogP contribution in [0.2, 0.25) is 0 Å². The minimum atomic E-state index is -0.513. The summed E-state index contributed by atoms with van der Waals surface area (Å²) >= 11 is 0. The highest BCUT2D eigenvalue weighted by molar-refractivity contribution is 6.07. The Morgan fingerprint density at radius 3 is 3.04 bits per heavy atom. The number of amides is 2. The SMILES string of the molecule is C=CC(=O)N(CC=O)c1ncccc1C(=O)NC1CNCCO1. The second-order valence-electron chi connectivity index (χ2n) is 4.73. The number of aromatic nitrogens is 1. The third-order valence-corrected chi connectivity index (χ3v) is 3.20. The Balaban J connectivity index is 2.24. The maximum atomic E-state index is 12.4. The summed E-state index contributed by atoms with van der Waals surface area (Å²) < 4.78 is 5.42. The molecule has 0 saturated carbocycles. The van der Waals surface area contributed by atoms with Gasteiger partial charge in [-0.25, -0.2) is 4.98 Å². The van der Waals surface area contributed by atoms with Gasteiger partial charge < -0.3 is 20.2 Å². The second-order valence-corrected chi connectivity index (χ2v) is 4.73. The molecule has 0 spiro atoms. The second kappa shape index (κ2) is 8.16. The minimum Gasteiger partial charge on any atom is -0.356 e. The summed E-state index contributed by atoms with van der Waals surface area (Å²) in [4.78, 5) is 40.3. The summed E-state index contributed by atoms with van der Waals surface area (Å²) in [7, 11) is 0. The molecule has 1 atom stereocenters. The van der Waals surface area contributed by atoms with Crippen LogP contribution >= 0.6 is 0 Å². The first-order valence-corrected chi connectivity index (χ1v) is 7.13. The van der Waals surface area contributed by atoms with Crippen molar-refractivity contribution in [1.29, 1.82) is 0 Å². The summed E-state index contributed by atoms with van der Waals surface area (Å²) in [6.07, 6.45) is 2.61. The van der Waals surface area contributed by atoms with Gasteiger partial charge in [-0.05, 0) is 18.2 Å². The summed E-state index contributed by atoms with van der Waals surface area (Å²) in [5.41, 5.74) is 0.179. The molecule has 1 aromatic heterocycles. The molecule has 1 aliphatic rings. The number of anilines is 1. The van der Waals surface area contributed by atoms with Crippen LogP contribution in [-0.2, 0) is 14.3 Å². The molecule has 1 fully saturated rings. The molecular weight excluding hydrogens is 300 g/mol. The van der Waals surface area contributed by atoms with Crippen LogP contribution in [0, 0.1) is 0 Å². The molecule has 2 rings (SSSR count). The molecule has 2 N–H and O–H groups in total. The summed E-state index contributed by atoms with van der Waals surface area (Å²) in [6, 6.07) is 3.11. The van der Waals surface area contributed by atoms with E-state index in [1.54, 1.807) is 6.07 Å². The van der Waals surface area contributed by atoms with E-state index < -0.39 is 18.0 Å². The fourth-order valence-corrected chi connectivity index (χ4v) is 2.14. The van der Waals surface area contributed by atoms with Crippen molar-refractivity contribution in [1.82, 2.24) is 15.6 Å². The molecule has 2 amide bonds. The Kier molecular flexibility index (Phi) is 5.95. The standard InChI is InChI=1S/C15H18N4O4/c1-2-13(21)19(7-8-20)14-11(4-3-5-17-14)15(22)18-12-10-16-6-9-23-12/h2-5,8,12,16H,1,6-7,9-10H2,(H,18,22). The van der Waals surface area contributed by atoms with E-state index in [1.165, 1.54) is 12.3 Å². The van der Waals surface area contributed by atoms with Crippen LogP contribution in [-0.4, -0.2) is 55.6 Å². The third kappa shape index (κ3) is 4.21. The first-order valence-electron chi connectivity index (χ1n) is 7.13. The largest absolute Gasteiger partial charge is 0.356 e. The maximum Gasteiger partial charge on any atom is 0.257 e. The van der Waals surface area contributed by atoms with Gasteiger partial charge in [0.15, 0.2) is 0 Å². The molecule has 8 nitrogen and oxygen atoms in total. The Bertz CT molecular complexity index is 599. The lowest BCUT2D eigenvalue weighted by atomic mass is 10.2. The molecule has 0 radical (unpaired) electrons. The molecule has 0 bridgehead atoms. The van der Waals surface area contributed by atoms with Crippen LogP contribution in [0.4, 0.5) is 5.82 Å². The Labute approximate surface area is 133 Å². The van der Waals surface area contributed by atoms with Crippen LogP contribution in [0.1, 0.15) is 10.4 Å². The number of carbonyl (C=O) groups excluding carboxylic acids is 3. The molecule has 1 saturated heterocycles. The smallest absolute Gasteiger partial charge is 0.257 e. The van der Waals surface area contributed by atoms with E-state index in [1.807, 2.05) is 0 Å². The van der Waals surface area contributed by atoms with Crippen molar-refractivity contribution in [2.45, 2.75) is 6.23 Å². The van der Waals surface area contributed by atoms with Crippen LogP contribution in [0.3, 0.4) is 0 Å². The summed E-state index contributed by atoms with van der Waals surface area (Å²) in [5, 5.41) is 5.81. The number of nitrogens with zero attached hydrogens (tertiary/aromatic N) is 2. The van der Waals surface area contributed by atoms with E-state index in [2.05, 4.69) is 22.2 Å². The Morgan fingerprint density at radius 1 is 1.57 bits per heavy atom. The molecule has 122 valence electrons. The maximum absolute atomic E-state index is 12.4. The van der Waals surface area contributed by atoms with E-state index in [-0.39, 0.29) is 17.9 Å². The van der Waals surface area contributed by atoms with E-state index in [0.717, 1.165) is 17.5 Å². The number of ether oxygens (including phenoxy) is 1. The highest BCUT2D eigenvalue weighted by Gasteiger charge is 2.23. The van der Waals surface area contributed by atoms with Crippen LogP contribution in [0.15, 0.2) is 31.0 Å². The Hall–Kier alpha value is -2.58. The molecule has 2 heterocycles. The molecule has 23 heavy (non-hydrogen) atoms. The van der Waals surface area contributed by atoms with Gasteiger partial charge in [-0.15, -0.1) is 0 Å². The molecule has 1 unspecified atom stereocenters. The van der Waals surface area contributed by atoms with Gasteiger partial charge in [0.2, 0.25) is 0 Å². The zero-order chi connectivity index (χ0) is 16.7. The number of pyridine rings is 1. The number of carbonyl (C=O) groups is 3. The van der Waals surface area contributed by atoms with Gasteiger partial charge in [0.1, 0.15) is 18.3 Å². The predicted octanol–water partition coefficient (Wildman–Crippen LogP) is -0.525. The summed E-state index contributed by atoms with van der Waals surface area (Å²) in [5.74, 6) is -0.847. The van der Waals surface area contributed by atoms with E-state index in [9.17, 15) is 14.4 Å². The van der Waals surface area contributed by atoms with Gasteiger partial charge in [0.25, 0.3) is 11.8 Å². The lowest BCUT2D eigenvalue weighted by Gasteiger charge is -2.25. The number of hydrogen-bond acceptors (Lipinski definition) is 6. The number of morpholine rings is 1. The molecule has 8 heteroatoms. The summed E-state index contributed by atoms with van der Waals surface area (Å²) in [6.45, 7) is 4.89. The van der Waals surface area contributed by atoms with Crippen molar-refractivity contribution in [2.24, 2.45) is 0 Å². The first-order chi connectivity index (χ1) is 11.2. The van der Waals surface area contributed by atoms with Gasteiger partial charge >= 0.3 is 0 Å². The first kappa shape index (κ1) is 16.8. The molecule has 0 aromatic carbocycles. The highest BCUT2D eigenvalue weighted by Crippen LogP contribution is 2.17. The zero-order valence-corrected chi connectivity index (χ0v) is 12.5. The molecule has 0 aliphatic carbocycles. The number of rotatable bonds is 6. The average Bonchev–Trinajstić information content (AvgIpc) is 2.60. The van der Waals surface area contributed by atoms with Gasteiger partial charge in [-0.1, -0.05) is 6.58 Å². The monoisotopic (exact) mass is 318 g/mol. The normalized spacial score (nSPS) is 17.1. The number of nitrogens with one attached hydrogen (secondary N) is 2. The predicted molar refractivity (Wildman–Crippen MR) is 82.9 cm³/mol. The Morgan fingerprint density at radius 2 is 2.39 bits per heavy atom.